The highest BCUT2D eigenvalue weighted by Gasteiger charge is 2.16. The molecule has 7 heteroatoms. The molecule has 2 aromatic rings. The van der Waals surface area contributed by atoms with Crippen LogP contribution < -0.4 is 10.6 Å². The van der Waals surface area contributed by atoms with Crippen molar-refractivity contribution in [3.63, 3.8) is 0 Å². The molecule has 1 radical (unpaired) electrons. The molecule has 0 spiro atoms. The molecular formula is C19H14Cl2N3O2. The normalized spacial score (nSPS) is 13.1. The molecule has 0 saturated heterocycles. The van der Waals surface area contributed by atoms with Gasteiger partial charge in [0.25, 0.3) is 11.8 Å². The van der Waals surface area contributed by atoms with Gasteiger partial charge >= 0.3 is 0 Å². The second-order valence-corrected chi connectivity index (χ2v) is 6.32. The lowest BCUT2D eigenvalue weighted by molar-refractivity contribution is -0.112. The lowest BCUT2D eigenvalue weighted by Crippen LogP contribution is -2.19. The average Bonchev–Trinajstić information content (AvgIpc) is 2.65. The maximum absolute atomic E-state index is 12.6. The summed E-state index contributed by atoms with van der Waals surface area (Å²) >= 11 is 11.8. The predicted octanol–water partition coefficient (Wildman–Crippen LogP) is 4.67. The maximum Gasteiger partial charge on any atom is 0.258 e. The molecule has 1 aromatic heterocycles. The SMILES string of the molecule is O=C(Nc1ccc(Cl)cc1C(=O)Nc1ccc(Cl)cn1)C1=CC[CH]C=C1. The van der Waals surface area contributed by atoms with Gasteiger partial charge in [0.1, 0.15) is 5.82 Å². The zero-order chi connectivity index (χ0) is 18.5. The minimum atomic E-state index is -0.445. The summed E-state index contributed by atoms with van der Waals surface area (Å²) in [6, 6.07) is 7.87. The van der Waals surface area contributed by atoms with Crippen LogP contribution in [0.15, 0.2) is 60.3 Å². The van der Waals surface area contributed by atoms with Crippen molar-refractivity contribution in [3.05, 3.63) is 82.4 Å². The number of halogens is 2. The van der Waals surface area contributed by atoms with Gasteiger partial charge in [0.15, 0.2) is 0 Å². The number of nitrogens with one attached hydrogen (secondary N) is 2. The summed E-state index contributed by atoms with van der Waals surface area (Å²) in [5.74, 6) is -0.403. The first-order valence-corrected chi connectivity index (χ1v) is 8.52. The van der Waals surface area contributed by atoms with Crippen LogP contribution in [0.25, 0.3) is 0 Å². The van der Waals surface area contributed by atoms with E-state index in [0.29, 0.717) is 33.5 Å². The Morgan fingerprint density at radius 3 is 2.50 bits per heavy atom. The van der Waals surface area contributed by atoms with E-state index in [1.54, 1.807) is 30.3 Å². The molecule has 0 fully saturated rings. The van der Waals surface area contributed by atoms with Gasteiger partial charge in [0, 0.05) is 16.8 Å². The van der Waals surface area contributed by atoms with Crippen LogP contribution in [0.3, 0.4) is 0 Å². The summed E-state index contributed by atoms with van der Waals surface area (Å²) in [6.07, 6.45) is 9.40. The third-order valence-corrected chi connectivity index (χ3v) is 4.05. The molecule has 2 N–H and O–H groups in total. The third kappa shape index (κ3) is 4.50. The number of anilines is 2. The first-order chi connectivity index (χ1) is 12.5. The molecule has 0 unspecified atom stereocenters. The fraction of sp³-hybridized carbons (Fsp3) is 0.0526. The van der Waals surface area contributed by atoms with Crippen molar-refractivity contribution in [2.24, 2.45) is 0 Å². The molecule has 0 bridgehead atoms. The van der Waals surface area contributed by atoms with Gasteiger partial charge < -0.3 is 10.6 Å². The number of carbonyl (C=O) groups excluding carboxylic acids is 2. The quantitative estimate of drug-likeness (QED) is 0.801. The number of carbonyl (C=O) groups is 2. The molecule has 1 heterocycles. The van der Waals surface area contributed by atoms with Crippen molar-refractivity contribution in [3.8, 4) is 0 Å². The zero-order valence-corrected chi connectivity index (χ0v) is 15.0. The Morgan fingerprint density at radius 2 is 1.81 bits per heavy atom. The molecule has 0 aliphatic heterocycles. The van der Waals surface area contributed by atoms with E-state index in [2.05, 4.69) is 15.6 Å². The van der Waals surface area contributed by atoms with E-state index >= 15 is 0 Å². The summed E-state index contributed by atoms with van der Waals surface area (Å²) < 4.78 is 0. The van der Waals surface area contributed by atoms with Crippen LogP contribution in [0.2, 0.25) is 10.0 Å². The van der Waals surface area contributed by atoms with Crippen LogP contribution in [0.1, 0.15) is 16.8 Å². The molecule has 26 heavy (non-hydrogen) atoms. The summed E-state index contributed by atoms with van der Waals surface area (Å²) in [5, 5.41) is 6.24. The van der Waals surface area contributed by atoms with Gasteiger partial charge in [-0.05, 0) is 43.2 Å². The molecule has 2 amide bonds. The number of hydrogen-bond acceptors (Lipinski definition) is 3. The first-order valence-electron chi connectivity index (χ1n) is 7.77. The smallest absolute Gasteiger partial charge is 0.258 e. The highest BCUT2D eigenvalue weighted by Crippen LogP contribution is 2.23. The Balaban J connectivity index is 1.82. The van der Waals surface area contributed by atoms with Crippen molar-refractivity contribution >= 4 is 46.5 Å². The van der Waals surface area contributed by atoms with Crippen LogP contribution in [0.5, 0.6) is 0 Å². The van der Waals surface area contributed by atoms with Gasteiger partial charge in [-0.3, -0.25) is 9.59 Å². The van der Waals surface area contributed by atoms with Crippen molar-refractivity contribution < 1.29 is 9.59 Å². The fourth-order valence-corrected chi connectivity index (χ4v) is 2.61. The van der Waals surface area contributed by atoms with Crippen LogP contribution >= 0.6 is 23.2 Å². The summed E-state index contributed by atoms with van der Waals surface area (Å²) in [7, 11) is 0. The van der Waals surface area contributed by atoms with Crippen molar-refractivity contribution in [2.45, 2.75) is 6.42 Å². The van der Waals surface area contributed by atoms with Gasteiger partial charge in [0.2, 0.25) is 0 Å². The highest BCUT2D eigenvalue weighted by atomic mass is 35.5. The summed E-state index contributed by atoms with van der Waals surface area (Å²) in [6.45, 7) is 0. The molecule has 0 saturated carbocycles. The molecule has 5 nitrogen and oxygen atoms in total. The number of benzene rings is 1. The molecular weight excluding hydrogens is 373 g/mol. The Morgan fingerprint density at radius 1 is 1.00 bits per heavy atom. The van der Waals surface area contributed by atoms with Gasteiger partial charge in [-0.2, -0.15) is 0 Å². The Labute approximate surface area is 160 Å². The van der Waals surface area contributed by atoms with Gasteiger partial charge in [-0.25, -0.2) is 4.98 Å². The monoisotopic (exact) mass is 386 g/mol. The molecule has 1 aliphatic rings. The average molecular weight is 387 g/mol. The van der Waals surface area contributed by atoms with E-state index in [-0.39, 0.29) is 11.5 Å². The van der Waals surface area contributed by atoms with Crippen molar-refractivity contribution in [1.29, 1.82) is 0 Å². The van der Waals surface area contributed by atoms with E-state index in [0.717, 1.165) is 0 Å². The molecule has 1 aromatic carbocycles. The number of rotatable bonds is 4. The number of amides is 2. The minimum Gasteiger partial charge on any atom is -0.321 e. The minimum absolute atomic E-state index is 0.231. The Kier molecular flexibility index (Phi) is 5.71. The van der Waals surface area contributed by atoms with E-state index in [4.69, 9.17) is 23.2 Å². The second kappa shape index (κ2) is 8.17. The molecule has 131 valence electrons. The third-order valence-electron chi connectivity index (χ3n) is 3.59. The summed E-state index contributed by atoms with van der Waals surface area (Å²) in [4.78, 5) is 29.0. The molecule has 1 aliphatic carbocycles. The van der Waals surface area contributed by atoms with Gasteiger partial charge in [-0.1, -0.05) is 41.4 Å². The van der Waals surface area contributed by atoms with Crippen LogP contribution in [-0.4, -0.2) is 16.8 Å². The number of aromatic nitrogens is 1. The number of hydrogen-bond donors (Lipinski definition) is 2. The van der Waals surface area contributed by atoms with Crippen LogP contribution in [0.4, 0.5) is 11.5 Å². The Bertz CT molecular complexity index is 906. The lowest BCUT2D eigenvalue weighted by Gasteiger charge is -2.13. The molecule has 0 atom stereocenters. The fourth-order valence-electron chi connectivity index (χ4n) is 2.32. The first kappa shape index (κ1) is 18.2. The predicted molar refractivity (Wildman–Crippen MR) is 103 cm³/mol. The topological polar surface area (TPSA) is 71.1 Å². The standard InChI is InChI=1S/C19H14Cl2N3O2/c20-13-6-8-16(23-18(25)12-4-2-1-3-5-12)15(10-13)19(26)24-17-9-7-14(21)11-22-17/h1-2,4-11H,3H2,(H,23,25)(H,22,24,26). The van der Waals surface area contributed by atoms with Crippen molar-refractivity contribution in [2.75, 3.05) is 10.6 Å². The largest absolute Gasteiger partial charge is 0.321 e. The highest BCUT2D eigenvalue weighted by molar-refractivity contribution is 6.31. The lowest BCUT2D eigenvalue weighted by atomic mass is 10.1. The number of nitrogens with zero attached hydrogens (tertiary/aromatic N) is 1. The van der Waals surface area contributed by atoms with Crippen LogP contribution in [0, 0.1) is 6.42 Å². The Hall–Kier alpha value is -2.63. The van der Waals surface area contributed by atoms with E-state index in [1.807, 2.05) is 18.6 Å². The van der Waals surface area contributed by atoms with Crippen LogP contribution in [-0.2, 0) is 4.79 Å². The summed E-state index contributed by atoms with van der Waals surface area (Å²) in [5.41, 5.74) is 1.12. The maximum atomic E-state index is 12.6. The van der Waals surface area contributed by atoms with Crippen molar-refractivity contribution in [1.82, 2.24) is 4.98 Å². The van der Waals surface area contributed by atoms with Gasteiger partial charge in [-0.15, -0.1) is 0 Å². The second-order valence-electron chi connectivity index (χ2n) is 5.45. The van der Waals surface area contributed by atoms with E-state index in [1.165, 1.54) is 12.3 Å². The van der Waals surface area contributed by atoms with Gasteiger partial charge in [0.05, 0.1) is 16.3 Å². The number of allylic oxidation sites excluding steroid dienone is 2. The zero-order valence-electron chi connectivity index (χ0n) is 13.5. The molecule has 3 rings (SSSR count). The van der Waals surface area contributed by atoms with E-state index in [9.17, 15) is 9.59 Å². The number of pyridine rings is 1. The van der Waals surface area contributed by atoms with E-state index < -0.39 is 5.91 Å².